The summed E-state index contributed by atoms with van der Waals surface area (Å²) in [7, 11) is 1.66. The van der Waals surface area contributed by atoms with E-state index in [0.29, 0.717) is 27.4 Å². The number of rotatable bonds is 5. The predicted octanol–water partition coefficient (Wildman–Crippen LogP) is 10.4. The van der Waals surface area contributed by atoms with Crippen LogP contribution in [-0.4, -0.2) is 22.1 Å². The van der Waals surface area contributed by atoms with Crippen LogP contribution >= 0.6 is 11.6 Å². The molecule has 7 heteroatoms. The Hall–Kier alpha value is -6.16. The molecule has 0 unspecified atom stereocenters. The number of aryl methyl sites for hydroxylation is 1. The zero-order valence-electron chi connectivity index (χ0n) is 26.2. The van der Waals surface area contributed by atoms with Crippen LogP contribution < -0.4 is 10.5 Å². The molecule has 5 aromatic carbocycles. The number of hydrogen-bond acceptors (Lipinski definition) is 5. The van der Waals surface area contributed by atoms with Crippen LogP contribution in [0.5, 0.6) is 5.75 Å². The SMILES string of the molecule is COc1ccc2cc(-c3cc(-c4ccc(C)cc4)nc4nc(-c5c(-c6ccccc6)[nH]c6ccc(Cl)cc56)c(C#N)c(N)c34)ccc2c1. The highest BCUT2D eigenvalue weighted by molar-refractivity contribution is 6.31. The van der Waals surface area contributed by atoms with Crippen LogP contribution in [0.1, 0.15) is 11.1 Å². The number of nitrogens with two attached hydrogens (primary N) is 1. The van der Waals surface area contributed by atoms with E-state index in [1.165, 1.54) is 0 Å². The number of halogens is 1. The summed E-state index contributed by atoms with van der Waals surface area (Å²) < 4.78 is 5.45. The molecule has 3 heterocycles. The Labute approximate surface area is 282 Å². The fourth-order valence-corrected chi connectivity index (χ4v) is 6.61. The van der Waals surface area contributed by atoms with E-state index < -0.39 is 0 Å². The maximum Gasteiger partial charge on any atom is 0.163 e. The second-order valence-electron chi connectivity index (χ2n) is 11.8. The summed E-state index contributed by atoms with van der Waals surface area (Å²) in [6, 6.07) is 40.6. The Morgan fingerprint density at radius 2 is 1.54 bits per heavy atom. The molecule has 48 heavy (non-hydrogen) atoms. The Morgan fingerprint density at radius 3 is 2.31 bits per heavy atom. The van der Waals surface area contributed by atoms with Gasteiger partial charge in [0, 0.05) is 27.1 Å². The average molecular weight is 642 g/mol. The lowest BCUT2D eigenvalue weighted by Crippen LogP contribution is -2.03. The fraction of sp³-hybridized carbons (Fsp3) is 0.0488. The Bertz CT molecular complexity index is 2590. The van der Waals surface area contributed by atoms with E-state index in [9.17, 15) is 5.26 Å². The van der Waals surface area contributed by atoms with E-state index in [0.717, 1.165) is 72.2 Å². The first-order chi connectivity index (χ1) is 23.4. The molecule has 0 saturated carbocycles. The number of anilines is 1. The second-order valence-corrected chi connectivity index (χ2v) is 12.3. The van der Waals surface area contributed by atoms with Crippen molar-refractivity contribution in [1.82, 2.24) is 15.0 Å². The van der Waals surface area contributed by atoms with Crippen LogP contribution in [0, 0.1) is 18.3 Å². The number of nitrogens with one attached hydrogen (secondary N) is 1. The van der Waals surface area contributed by atoms with E-state index in [1.54, 1.807) is 7.11 Å². The lowest BCUT2D eigenvalue weighted by Gasteiger charge is -2.16. The first-order valence-corrected chi connectivity index (χ1v) is 15.9. The minimum atomic E-state index is 0.275. The summed E-state index contributed by atoms with van der Waals surface area (Å²) in [5, 5.41) is 14.8. The number of nitrogens with zero attached hydrogens (tertiary/aromatic N) is 3. The predicted molar refractivity (Wildman–Crippen MR) is 196 cm³/mol. The summed E-state index contributed by atoms with van der Waals surface area (Å²) in [5.41, 5.74) is 16.5. The number of pyridine rings is 2. The number of ether oxygens (including phenoxy) is 1. The van der Waals surface area contributed by atoms with E-state index in [4.69, 9.17) is 32.0 Å². The second kappa shape index (κ2) is 11.6. The molecule has 0 bridgehead atoms. The lowest BCUT2D eigenvalue weighted by atomic mass is 9.93. The monoisotopic (exact) mass is 641 g/mol. The number of methoxy groups -OCH3 is 1. The highest BCUT2D eigenvalue weighted by Crippen LogP contribution is 2.44. The van der Waals surface area contributed by atoms with Crippen LogP contribution in [0.25, 0.3) is 77.6 Å². The van der Waals surface area contributed by atoms with Crippen LogP contribution in [0.3, 0.4) is 0 Å². The van der Waals surface area contributed by atoms with Gasteiger partial charge in [0.25, 0.3) is 0 Å². The smallest absolute Gasteiger partial charge is 0.163 e. The zero-order chi connectivity index (χ0) is 32.9. The van der Waals surface area contributed by atoms with E-state index >= 15 is 0 Å². The maximum atomic E-state index is 10.7. The van der Waals surface area contributed by atoms with Gasteiger partial charge in [-0.05, 0) is 76.9 Å². The van der Waals surface area contributed by atoms with Crippen molar-refractivity contribution in [2.24, 2.45) is 0 Å². The molecule has 0 aliphatic rings. The van der Waals surface area contributed by atoms with Crippen molar-refractivity contribution in [3.8, 4) is 56.7 Å². The molecule has 6 nitrogen and oxygen atoms in total. The molecule has 0 saturated heterocycles. The number of hydrogen-bond donors (Lipinski definition) is 2. The van der Waals surface area contributed by atoms with Crippen LogP contribution in [-0.2, 0) is 0 Å². The third kappa shape index (κ3) is 4.89. The molecular weight excluding hydrogens is 614 g/mol. The van der Waals surface area contributed by atoms with Crippen molar-refractivity contribution in [3.05, 3.63) is 131 Å². The molecule has 8 aromatic rings. The van der Waals surface area contributed by atoms with Gasteiger partial charge in [-0.25, -0.2) is 9.97 Å². The average Bonchev–Trinajstić information content (AvgIpc) is 3.49. The van der Waals surface area contributed by atoms with Gasteiger partial charge >= 0.3 is 0 Å². The number of H-pyrrole nitrogens is 1. The summed E-state index contributed by atoms with van der Waals surface area (Å²) in [4.78, 5) is 13.8. The quantitative estimate of drug-likeness (QED) is 0.195. The van der Waals surface area contributed by atoms with Crippen LogP contribution in [0.4, 0.5) is 5.69 Å². The highest BCUT2D eigenvalue weighted by Gasteiger charge is 2.25. The number of nitrogen functional groups attached to an aromatic ring is 1. The Morgan fingerprint density at radius 1 is 0.792 bits per heavy atom. The van der Waals surface area contributed by atoms with Crippen LogP contribution in [0.2, 0.25) is 5.02 Å². The number of fused-ring (bicyclic) bond motifs is 3. The van der Waals surface area contributed by atoms with Gasteiger partial charge in [0.2, 0.25) is 0 Å². The minimum Gasteiger partial charge on any atom is -0.497 e. The van der Waals surface area contributed by atoms with Gasteiger partial charge in [0.1, 0.15) is 17.4 Å². The van der Waals surface area contributed by atoms with Crippen molar-refractivity contribution in [2.75, 3.05) is 12.8 Å². The normalized spacial score (nSPS) is 11.3. The molecule has 3 N–H and O–H groups in total. The van der Waals surface area contributed by atoms with Gasteiger partial charge in [-0.3, -0.25) is 0 Å². The first-order valence-electron chi connectivity index (χ1n) is 15.5. The summed E-state index contributed by atoms with van der Waals surface area (Å²) in [6.07, 6.45) is 0. The number of benzene rings is 5. The third-order valence-electron chi connectivity index (χ3n) is 8.87. The van der Waals surface area contributed by atoms with Gasteiger partial charge in [-0.1, -0.05) is 90.0 Å². The zero-order valence-corrected chi connectivity index (χ0v) is 26.9. The van der Waals surface area contributed by atoms with Gasteiger partial charge < -0.3 is 15.5 Å². The van der Waals surface area contributed by atoms with Gasteiger partial charge in [0.05, 0.1) is 35.3 Å². The first kappa shape index (κ1) is 29.3. The Balaban J connectivity index is 1.46. The van der Waals surface area contributed by atoms with Crippen molar-refractivity contribution >= 4 is 50.0 Å². The topological polar surface area (TPSA) is 101 Å². The third-order valence-corrected chi connectivity index (χ3v) is 9.11. The molecule has 0 amide bonds. The van der Waals surface area contributed by atoms with Crippen LogP contribution in [0.15, 0.2) is 115 Å². The number of nitriles is 1. The van der Waals surface area contributed by atoms with Crippen molar-refractivity contribution < 1.29 is 4.74 Å². The maximum absolute atomic E-state index is 10.7. The molecule has 0 radical (unpaired) electrons. The van der Waals surface area contributed by atoms with E-state index in [-0.39, 0.29) is 5.56 Å². The highest BCUT2D eigenvalue weighted by atomic mass is 35.5. The van der Waals surface area contributed by atoms with E-state index in [2.05, 4.69) is 60.4 Å². The molecular formula is C41H28ClN5O. The summed E-state index contributed by atoms with van der Waals surface area (Å²) in [6.45, 7) is 2.06. The standard InChI is InChI=1S/C41H28ClN5O/c1-23-8-10-24(11-9-23)35-21-31(28-13-12-27-19-30(48-2)16-14-26(27)18-28)36-38(44)33(22-43)40(47-41(36)46-35)37-32-20-29(42)15-17-34(32)45-39(37)25-6-4-3-5-7-25/h3-21,45H,1-2H3,(H2,44,46,47). The largest absolute Gasteiger partial charge is 0.497 e. The minimum absolute atomic E-state index is 0.275. The van der Waals surface area contributed by atoms with Crippen molar-refractivity contribution in [3.63, 3.8) is 0 Å². The summed E-state index contributed by atoms with van der Waals surface area (Å²) in [5.74, 6) is 0.791. The van der Waals surface area contributed by atoms with Crippen molar-refractivity contribution in [2.45, 2.75) is 6.92 Å². The fourth-order valence-electron chi connectivity index (χ4n) is 6.44. The molecule has 0 spiro atoms. The molecule has 8 rings (SSSR count). The van der Waals surface area contributed by atoms with E-state index in [1.807, 2.05) is 72.8 Å². The molecule has 230 valence electrons. The molecule has 0 aliphatic heterocycles. The molecule has 0 aliphatic carbocycles. The number of aromatic nitrogens is 3. The molecule has 0 atom stereocenters. The van der Waals surface area contributed by atoms with Gasteiger partial charge in [0.15, 0.2) is 5.65 Å². The molecule has 3 aromatic heterocycles. The molecule has 0 fully saturated rings. The van der Waals surface area contributed by atoms with Crippen molar-refractivity contribution in [1.29, 1.82) is 5.26 Å². The summed E-state index contributed by atoms with van der Waals surface area (Å²) >= 11 is 6.54. The Kier molecular flexibility index (Phi) is 7.05. The lowest BCUT2D eigenvalue weighted by molar-refractivity contribution is 0.415. The van der Waals surface area contributed by atoms with Gasteiger partial charge in [-0.2, -0.15) is 5.26 Å². The van der Waals surface area contributed by atoms with Gasteiger partial charge in [-0.15, -0.1) is 0 Å². The number of aromatic amines is 1.